The number of imidazole rings is 1. The van der Waals surface area contributed by atoms with Gasteiger partial charge in [-0.1, -0.05) is 24.3 Å². The van der Waals surface area contributed by atoms with Crippen molar-refractivity contribution in [2.24, 2.45) is 7.05 Å². The predicted molar refractivity (Wildman–Crippen MR) is 166 cm³/mol. The van der Waals surface area contributed by atoms with Gasteiger partial charge in [-0.05, 0) is 72.5 Å². The van der Waals surface area contributed by atoms with E-state index in [-0.39, 0.29) is 18.4 Å². The first-order valence-corrected chi connectivity index (χ1v) is 13.5. The highest BCUT2D eigenvalue weighted by molar-refractivity contribution is 5.99. The van der Waals surface area contributed by atoms with Gasteiger partial charge in [0.1, 0.15) is 17.9 Å². The summed E-state index contributed by atoms with van der Waals surface area (Å²) < 4.78 is 8.22. The highest BCUT2D eigenvalue weighted by Crippen LogP contribution is 2.30. The monoisotopic (exact) mass is 568 g/mol. The Hall–Kier alpha value is -5.12. The molecule has 3 N–H and O–H groups in total. The lowest BCUT2D eigenvalue weighted by Crippen LogP contribution is -2.38. The van der Waals surface area contributed by atoms with Crippen molar-refractivity contribution in [1.82, 2.24) is 20.2 Å². The van der Waals surface area contributed by atoms with Crippen LogP contribution in [-0.2, 0) is 23.2 Å². The molecule has 0 spiro atoms. The van der Waals surface area contributed by atoms with Crippen molar-refractivity contribution in [3.63, 3.8) is 0 Å². The third-order valence-electron chi connectivity index (χ3n) is 7.25. The van der Waals surface area contributed by atoms with Gasteiger partial charge in [0.15, 0.2) is 0 Å². The molecular weight excluding hydrogens is 532 g/mol. The number of hydrogen-bond donors (Lipinski definition) is 3. The second kappa shape index (κ2) is 13.0. The van der Waals surface area contributed by atoms with Gasteiger partial charge in [0.05, 0.1) is 12.1 Å². The predicted octanol–water partition coefficient (Wildman–Crippen LogP) is 3.96. The molecule has 4 aromatic rings. The molecule has 0 aliphatic carbocycles. The quantitative estimate of drug-likeness (QED) is 0.249. The molecular formula is C32H36N6O4. The lowest BCUT2D eigenvalue weighted by atomic mass is 10.0. The maximum Gasteiger partial charge on any atom is 0.251 e. The number of aromatic nitrogens is 2. The fourth-order valence-electron chi connectivity index (χ4n) is 4.68. The van der Waals surface area contributed by atoms with E-state index in [0.29, 0.717) is 17.9 Å². The average molecular weight is 569 g/mol. The molecule has 3 amide bonds. The first-order chi connectivity index (χ1) is 20.1. The molecule has 10 heteroatoms. The number of fused-ring (bicyclic) bond motifs is 1. The highest BCUT2D eigenvalue weighted by Gasteiger charge is 2.18. The van der Waals surface area contributed by atoms with Gasteiger partial charge in [0.2, 0.25) is 17.8 Å². The summed E-state index contributed by atoms with van der Waals surface area (Å²) in [5, 5.41) is 8.30. The Morgan fingerprint density at radius 2 is 1.76 bits per heavy atom. The van der Waals surface area contributed by atoms with Crippen LogP contribution in [0.25, 0.3) is 17.1 Å². The van der Waals surface area contributed by atoms with Crippen molar-refractivity contribution in [3.05, 3.63) is 88.5 Å². The van der Waals surface area contributed by atoms with E-state index in [1.165, 1.54) is 6.08 Å². The largest absolute Gasteiger partial charge is 0.487 e. The number of carbonyl (C=O) groups excluding carboxylic acids is 3. The van der Waals surface area contributed by atoms with Crippen molar-refractivity contribution in [3.8, 4) is 5.75 Å². The molecule has 0 radical (unpaired) electrons. The van der Waals surface area contributed by atoms with Gasteiger partial charge in [0.25, 0.3) is 5.91 Å². The van der Waals surface area contributed by atoms with E-state index in [2.05, 4.69) is 20.9 Å². The zero-order chi connectivity index (χ0) is 30.4. The molecule has 0 bridgehead atoms. The molecule has 1 heterocycles. The number of para-hydroxylation sites is 1. The molecule has 218 valence electrons. The summed E-state index contributed by atoms with van der Waals surface area (Å²) in [6.07, 6.45) is 2.98. The van der Waals surface area contributed by atoms with Crippen molar-refractivity contribution >= 4 is 46.5 Å². The van der Waals surface area contributed by atoms with Gasteiger partial charge in [-0.3, -0.25) is 14.4 Å². The molecule has 0 atom stereocenters. The molecule has 0 fully saturated rings. The summed E-state index contributed by atoms with van der Waals surface area (Å²) in [6.45, 7) is 4.12. The average Bonchev–Trinajstić information content (AvgIpc) is 3.34. The molecule has 3 aromatic carbocycles. The van der Waals surface area contributed by atoms with E-state index >= 15 is 0 Å². The molecule has 0 saturated heterocycles. The molecule has 10 nitrogen and oxygen atoms in total. The van der Waals surface area contributed by atoms with Gasteiger partial charge in [-0.25, -0.2) is 4.98 Å². The van der Waals surface area contributed by atoms with E-state index in [9.17, 15) is 14.4 Å². The Balaban J connectivity index is 1.39. The first-order valence-electron chi connectivity index (χ1n) is 13.5. The number of aryl methyl sites for hydroxylation is 2. The first kappa shape index (κ1) is 29.9. The highest BCUT2D eigenvalue weighted by atomic mass is 16.5. The van der Waals surface area contributed by atoms with Crippen LogP contribution in [0.2, 0.25) is 0 Å². The van der Waals surface area contributed by atoms with Crippen molar-refractivity contribution < 1.29 is 19.1 Å². The number of amides is 3. The fraction of sp³-hybridized carbons (Fsp3) is 0.250. The third-order valence-corrected chi connectivity index (χ3v) is 7.25. The van der Waals surface area contributed by atoms with Crippen LogP contribution in [0.4, 0.5) is 11.6 Å². The van der Waals surface area contributed by atoms with Gasteiger partial charge >= 0.3 is 0 Å². The molecule has 42 heavy (non-hydrogen) atoms. The van der Waals surface area contributed by atoms with Crippen LogP contribution < -0.4 is 25.6 Å². The van der Waals surface area contributed by atoms with Crippen molar-refractivity contribution in [2.75, 3.05) is 37.9 Å². The Kier molecular flexibility index (Phi) is 9.26. The van der Waals surface area contributed by atoms with Crippen LogP contribution in [0.3, 0.4) is 0 Å². The van der Waals surface area contributed by atoms with Crippen LogP contribution in [0.15, 0.2) is 60.7 Å². The summed E-state index contributed by atoms with van der Waals surface area (Å²) in [4.78, 5) is 43.2. The summed E-state index contributed by atoms with van der Waals surface area (Å²) in [5.41, 5.74) is 6.69. The molecule has 0 aliphatic heterocycles. The number of nitrogens with one attached hydrogen (secondary N) is 3. The molecule has 1 aromatic heterocycles. The van der Waals surface area contributed by atoms with E-state index in [4.69, 9.17) is 4.74 Å². The summed E-state index contributed by atoms with van der Waals surface area (Å²) >= 11 is 0. The van der Waals surface area contributed by atoms with Crippen LogP contribution in [-0.4, -0.2) is 55.0 Å². The standard InChI is InChI=1S/C32H36N6O4/c1-20-10-16-25(21(2)24(20)19-42-27-9-7-8-26-30(27)36-32(34-4)38(26)6)37(5)29(40)18-35-28(39)17-13-22-11-14-23(15-12-22)31(41)33-3/h7-17H,18-19H2,1-6H3,(H,33,41)(H,34,36)(H,35,39). The Morgan fingerprint density at radius 1 is 1.02 bits per heavy atom. The molecule has 4 rings (SSSR count). The van der Waals surface area contributed by atoms with Gasteiger partial charge in [-0.2, -0.15) is 0 Å². The zero-order valence-electron chi connectivity index (χ0n) is 24.7. The molecule has 0 aliphatic rings. The summed E-state index contributed by atoms with van der Waals surface area (Å²) in [7, 11) is 7.03. The van der Waals surface area contributed by atoms with Crippen LogP contribution >= 0.6 is 0 Å². The normalized spacial score (nSPS) is 11.0. The van der Waals surface area contributed by atoms with E-state index < -0.39 is 5.91 Å². The number of ether oxygens (including phenoxy) is 1. The number of nitrogens with zero attached hydrogens (tertiary/aromatic N) is 3. The van der Waals surface area contributed by atoms with E-state index in [0.717, 1.165) is 44.9 Å². The van der Waals surface area contributed by atoms with Crippen LogP contribution in [0.1, 0.15) is 32.6 Å². The maximum atomic E-state index is 13.0. The summed E-state index contributed by atoms with van der Waals surface area (Å²) in [5.74, 6) is 0.584. The third kappa shape index (κ3) is 6.43. The van der Waals surface area contributed by atoms with Crippen molar-refractivity contribution in [1.29, 1.82) is 0 Å². The van der Waals surface area contributed by atoms with Gasteiger partial charge in [-0.15, -0.1) is 0 Å². The SMILES string of the molecule is CNC(=O)c1ccc(C=CC(=O)NCC(=O)N(C)c2ccc(C)c(COc3cccc4c3nc(NC)n4C)c2C)cc1. The molecule has 0 saturated carbocycles. The van der Waals surface area contributed by atoms with Crippen LogP contribution in [0.5, 0.6) is 5.75 Å². The van der Waals surface area contributed by atoms with Gasteiger partial charge < -0.3 is 30.2 Å². The van der Waals surface area contributed by atoms with Crippen LogP contribution in [0, 0.1) is 13.8 Å². The Bertz CT molecular complexity index is 1660. The lowest BCUT2D eigenvalue weighted by molar-refractivity contribution is -0.122. The number of likely N-dealkylation sites (N-methyl/N-ethyl adjacent to an activating group) is 1. The van der Waals surface area contributed by atoms with Gasteiger partial charge in [0, 0.05) is 45.5 Å². The zero-order valence-corrected chi connectivity index (χ0v) is 24.7. The fourth-order valence-corrected chi connectivity index (χ4v) is 4.68. The van der Waals surface area contributed by atoms with E-state index in [1.54, 1.807) is 49.3 Å². The minimum atomic E-state index is -0.396. The smallest absolute Gasteiger partial charge is 0.251 e. The summed E-state index contributed by atoms with van der Waals surface area (Å²) in [6, 6.07) is 16.5. The topological polar surface area (TPSA) is 118 Å². The number of rotatable bonds is 10. The number of benzene rings is 3. The lowest BCUT2D eigenvalue weighted by Gasteiger charge is -2.23. The number of carbonyl (C=O) groups is 3. The maximum absolute atomic E-state index is 13.0. The Morgan fingerprint density at radius 3 is 2.45 bits per heavy atom. The molecule has 0 unspecified atom stereocenters. The second-order valence-corrected chi connectivity index (χ2v) is 9.87. The van der Waals surface area contributed by atoms with Crippen molar-refractivity contribution in [2.45, 2.75) is 20.5 Å². The van der Waals surface area contributed by atoms with E-state index in [1.807, 2.05) is 62.8 Å². The number of anilines is 2. The minimum absolute atomic E-state index is 0.163. The second-order valence-electron chi connectivity index (χ2n) is 9.87. The minimum Gasteiger partial charge on any atom is -0.487 e. The number of hydrogen-bond acceptors (Lipinski definition) is 6. The Labute approximate surface area is 245 Å².